The Bertz CT molecular complexity index is 692. The average Bonchev–Trinajstić information content (AvgIpc) is 2.58. The van der Waals surface area contributed by atoms with Gasteiger partial charge in [0.25, 0.3) is 0 Å². The van der Waals surface area contributed by atoms with Gasteiger partial charge < -0.3 is 15.4 Å². The summed E-state index contributed by atoms with van der Waals surface area (Å²) >= 11 is 0. The molecule has 1 atom stereocenters. The second-order valence-electron chi connectivity index (χ2n) is 6.50. The normalized spacial score (nSPS) is 13.5. The molecule has 0 heterocycles. The highest BCUT2D eigenvalue weighted by Crippen LogP contribution is 2.14. The van der Waals surface area contributed by atoms with Crippen molar-refractivity contribution in [3.8, 4) is 5.75 Å². The van der Waals surface area contributed by atoms with Crippen LogP contribution in [0.15, 0.2) is 29.3 Å². The summed E-state index contributed by atoms with van der Waals surface area (Å²) in [6, 6.07) is 7.96. The summed E-state index contributed by atoms with van der Waals surface area (Å²) in [4.78, 5) is 4.56. The standard InChI is InChI=1S/C19H34N4O3S/c1-6-20-19(21-12-9-13-23(7-2)27(5,24)25)22-15-17(4)26-18-11-8-10-16(3)14-18/h8,10-11,14,17H,6-7,9,12-13,15H2,1-5H3,(H2,20,21,22). The van der Waals surface area contributed by atoms with Crippen LogP contribution in [0.5, 0.6) is 5.75 Å². The zero-order valence-electron chi connectivity index (χ0n) is 17.2. The molecule has 0 radical (unpaired) electrons. The molecule has 0 aliphatic rings. The third-order valence-electron chi connectivity index (χ3n) is 3.88. The first-order valence-electron chi connectivity index (χ1n) is 9.46. The van der Waals surface area contributed by atoms with Crippen molar-refractivity contribution in [2.45, 2.75) is 40.2 Å². The van der Waals surface area contributed by atoms with E-state index in [1.807, 2.05) is 52.0 Å². The molecule has 2 N–H and O–H groups in total. The van der Waals surface area contributed by atoms with Crippen LogP contribution in [-0.2, 0) is 10.0 Å². The SMILES string of the molecule is CCNC(=NCC(C)Oc1cccc(C)c1)NCCCN(CC)S(C)(=O)=O. The molecule has 1 unspecified atom stereocenters. The van der Waals surface area contributed by atoms with E-state index >= 15 is 0 Å². The van der Waals surface area contributed by atoms with Gasteiger partial charge in [-0.25, -0.2) is 17.7 Å². The Labute approximate surface area is 164 Å². The number of sulfonamides is 1. The van der Waals surface area contributed by atoms with E-state index in [9.17, 15) is 8.42 Å². The van der Waals surface area contributed by atoms with Gasteiger partial charge in [-0.2, -0.15) is 0 Å². The zero-order chi connectivity index (χ0) is 20.3. The van der Waals surface area contributed by atoms with Gasteiger partial charge in [-0.1, -0.05) is 19.1 Å². The third kappa shape index (κ3) is 9.63. The summed E-state index contributed by atoms with van der Waals surface area (Å²) < 4.78 is 30.6. The average molecular weight is 399 g/mol. The molecule has 0 bridgehead atoms. The van der Waals surface area contributed by atoms with Crippen LogP contribution in [-0.4, -0.2) is 63.8 Å². The number of nitrogens with zero attached hydrogens (tertiary/aromatic N) is 2. The molecule has 0 aromatic heterocycles. The Morgan fingerprint density at radius 2 is 2.04 bits per heavy atom. The number of rotatable bonds is 11. The molecule has 8 heteroatoms. The topological polar surface area (TPSA) is 83.0 Å². The van der Waals surface area contributed by atoms with E-state index < -0.39 is 10.0 Å². The van der Waals surface area contributed by atoms with E-state index in [2.05, 4.69) is 15.6 Å². The number of ether oxygens (including phenoxy) is 1. The number of aryl methyl sites for hydroxylation is 1. The largest absolute Gasteiger partial charge is 0.489 e. The number of aliphatic imine (C=N–C) groups is 1. The van der Waals surface area contributed by atoms with Crippen LogP contribution in [0.3, 0.4) is 0 Å². The van der Waals surface area contributed by atoms with Crippen LogP contribution in [0.25, 0.3) is 0 Å². The lowest BCUT2D eigenvalue weighted by Gasteiger charge is -2.18. The molecular weight excluding hydrogens is 364 g/mol. The highest BCUT2D eigenvalue weighted by atomic mass is 32.2. The van der Waals surface area contributed by atoms with Gasteiger partial charge in [0.2, 0.25) is 10.0 Å². The molecule has 0 spiro atoms. The number of nitrogens with one attached hydrogen (secondary N) is 2. The van der Waals surface area contributed by atoms with Crippen LogP contribution in [0.4, 0.5) is 0 Å². The van der Waals surface area contributed by atoms with E-state index in [-0.39, 0.29) is 6.10 Å². The van der Waals surface area contributed by atoms with E-state index in [0.717, 1.165) is 17.9 Å². The smallest absolute Gasteiger partial charge is 0.211 e. The van der Waals surface area contributed by atoms with E-state index in [0.29, 0.717) is 38.6 Å². The molecular formula is C19H34N4O3S. The van der Waals surface area contributed by atoms with E-state index in [1.54, 1.807) is 0 Å². The highest BCUT2D eigenvalue weighted by molar-refractivity contribution is 7.88. The molecule has 0 saturated carbocycles. The quantitative estimate of drug-likeness (QED) is 0.338. The van der Waals surface area contributed by atoms with Crippen LogP contribution in [0, 0.1) is 6.92 Å². The first kappa shape index (κ1) is 23.2. The number of hydrogen-bond acceptors (Lipinski definition) is 4. The summed E-state index contributed by atoms with van der Waals surface area (Å²) in [6.45, 7) is 10.8. The lowest BCUT2D eigenvalue weighted by Crippen LogP contribution is -2.40. The molecule has 1 rings (SSSR count). The second kappa shape index (κ2) is 11.8. The number of hydrogen-bond donors (Lipinski definition) is 2. The molecule has 7 nitrogen and oxygen atoms in total. The predicted molar refractivity (Wildman–Crippen MR) is 112 cm³/mol. The fourth-order valence-electron chi connectivity index (χ4n) is 2.54. The van der Waals surface area contributed by atoms with E-state index in [4.69, 9.17) is 4.74 Å². The Balaban J connectivity index is 2.47. The zero-order valence-corrected chi connectivity index (χ0v) is 18.0. The molecule has 1 aromatic carbocycles. The van der Waals surface area contributed by atoms with Crippen molar-refractivity contribution in [2.24, 2.45) is 4.99 Å². The summed E-state index contributed by atoms with van der Waals surface area (Å²) in [6.07, 6.45) is 1.90. The molecule has 0 aliphatic heterocycles. The van der Waals surface area contributed by atoms with Crippen LogP contribution in [0.2, 0.25) is 0 Å². The van der Waals surface area contributed by atoms with Gasteiger partial charge in [-0.15, -0.1) is 0 Å². The van der Waals surface area contributed by atoms with Gasteiger partial charge in [-0.05, 0) is 44.9 Å². The summed E-state index contributed by atoms with van der Waals surface area (Å²) in [5.41, 5.74) is 1.16. The highest BCUT2D eigenvalue weighted by Gasteiger charge is 2.13. The van der Waals surface area contributed by atoms with Crippen LogP contribution < -0.4 is 15.4 Å². The Kier molecular flexibility index (Phi) is 10.2. The van der Waals surface area contributed by atoms with Crippen LogP contribution >= 0.6 is 0 Å². The predicted octanol–water partition coefficient (Wildman–Crippen LogP) is 1.99. The van der Waals surface area contributed by atoms with Crippen molar-refractivity contribution in [1.29, 1.82) is 0 Å². The minimum absolute atomic E-state index is 0.0527. The van der Waals surface area contributed by atoms with Gasteiger partial charge in [-0.3, -0.25) is 0 Å². The molecule has 27 heavy (non-hydrogen) atoms. The molecule has 0 aliphatic carbocycles. The van der Waals surface area contributed by atoms with Gasteiger partial charge in [0.1, 0.15) is 11.9 Å². The maximum Gasteiger partial charge on any atom is 0.211 e. The van der Waals surface area contributed by atoms with Crippen molar-refractivity contribution < 1.29 is 13.2 Å². The fourth-order valence-corrected chi connectivity index (χ4v) is 3.47. The van der Waals surface area contributed by atoms with Crippen molar-refractivity contribution in [2.75, 3.05) is 39.0 Å². The van der Waals surface area contributed by atoms with Crippen molar-refractivity contribution in [1.82, 2.24) is 14.9 Å². The first-order chi connectivity index (χ1) is 12.8. The van der Waals surface area contributed by atoms with Gasteiger partial charge in [0.05, 0.1) is 12.8 Å². The molecule has 1 aromatic rings. The molecule has 0 fully saturated rings. The van der Waals surface area contributed by atoms with Crippen molar-refractivity contribution >= 4 is 16.0 Å². The van der Waals surface area contributed by atoms with Gasteiger partial charge >= 0.3 is 0 Å². The number of guanidine groups is 1. The van der Waals surface area contributed by atoms with Gasteiger partial charge in [0, 0.05) is 26.2 Å². The first-order valence-corrected chi connectivity index (χ1v) is 11.3. The summed E-state index contributed by atoms with van der Waals surface area (Å²) in [5.74, 6) is 1.55. The fraction of sp³-hybridized carbons (Fsp3) is 0.632. The van der Waals surface area contributed by atoms with E-state index in [1.165, 1.54) is 10.6 Å². The lowest BCUT2D eigenvalue weighted by molar-refractivity contribution is 0.230. The Hall–Kier alpha value is -1.80. The Morgan fingerprint density at radius 3 is 2.63 bits per heavy atom. The van der Waals surface area contributed by atoms with Gasteiger partial charge in [0.15, 0.2) is 5.96 Å². The molecule has 0 saturated heterocycles. The minimum Gasteiger partial charge on any atom is -0.489 e. The maximum absolute atomic E-state index is 11.6. The summed E-state index contributed by atoms with van der Waals surface area (Å²) in [5, 5.41) is 6.44. The van der Waals surface area contributed by atoms with Crippen molar-refractivity contribution in [3.05, 3.63) is 29.8 Å². The lowest BCUT2D eigenvalue weighted by atomic mass is 10.2. The Morgan fingerprint density at radius 1 is 1.30 bits per heavy atom. The third-order valence-corrected chi connectivity index (χ3v) is 5.25. The minimum atomic E-state index is -3.14. The van der Waals surface area contributed by atoms with Crippen LogP contribution in [0.1, 0.15) is 32.8 Å². The van der Waals surface area contributed by atoms with Crippen molar-refractivity contribution in [3.63, 3.8) is 0 Å². The summed E-state index contributed by atoms with van der Waals surface area (Å²) in [7, 11) is -3.14. The maximum atomic E-state index is 11.6. The monoisotopic (exact) mass is 398 g/mol. The second-order valence-corrected chi connectivity index (χ2v) is 8.48. The molecule has 0 amide bonds. The number of benzene rings is 1. The molecule has 154 valence electrons.